The van der Waals surface area contributed by atoms with Crippen LogP contribution in [-0.2, 0) is 0 Å². The number of carbonyl (C=O) groups is 1. The smallest absolute Gasteiger partial charge is 0.343 e. The lowest BCUT2D eigenvalue weighted by Crippen LogP contribution is -2.09. The first kappa shape index (κ1) is 12.1. The lowest BCUT2D eigenvalue weighted by molar-refractivity contribution is 0.0733. The van der Waals surface area contributed by atoms with Gasteiger partial charge in [-0.1, -0.05) is 24.3 Å². The largest absolute Gasteiger partial charge is 0.422 e. The first-order valence-corrected chi connectivity index (χ1v) is 6.28. The van der Waals surface area contributed by atoms with E-state index in [0.29, 0.717) is 11.3 Å². The predicted molar refractivity (Wildman–Crippen MR) is 75.3 cm³/mol. The van der Waals surface area contributed by atoms with Crippen LogP contribution >= 0.6 is 22.6 Å². The number of rotatable bonds is 2. The lowest BCUT2D eigenvalue weighted by Gasteiger charge is -2.06. The van der Waals surface area contributed by atoms with Crippen molar-refractivity contribution in [2.24, 2.45) is 0 Å². The molecule has 0 spiro atoms. The van der Waals surface area contributed by atoms with Gasteiger partial charge in [0, 0.05) is 0 Å². The monoisotopic (exact) mass is 338 g/mol. The van der Waals surface area contributed by atoms with Gasteiger partial charge in [-0.15, -0.1) is 0 Å². The molecule has 0 bridgehead atoms. The van der Waals surface area contributed by atoms with Crippen LogP contribution in [0.2, 0.25) is 0 Å². The van der Waals surface area contributed by atoms with E-state index in [9.17, 15) is 4.79 Å². The molecule has 2 rings (SSSR count). The maximum absolute atomic E-state index is 11.8. The highest BCUT2D eigenvalue weighted by molar-refractivity contribution is 14.1. The Labute approximate surface area is 114 Å². The van der Waals surface area contributed by atoms with Gasteiger partial charge in [-0.05, 0) is 59.3 Å². The molecule has 0 saturated heterocycles. The number of esters is 1. The molecule has 0 N–H and O–H groups in total. The second-order valence-corrected chi connectivity index (χ2v) is 4.85. The fraction of sp³-hybridized carbons (Fsp3) is 0.0714. The topological polar surface area (TPSA) is 26.3 Å². The van der Waals surface area contributed by atoms with E-state index in [0.717, 1.165) is 9.13 Å². The number of hydrogen-bond acceptors (Lipinski definition) is 2. The third-order valence-corrected chi connectivity index (χ3v) is 3.14. The Bertz CT molecular complexity index is 535. The van der Waals surface area contributed by atoms with Crippen LogP contribution in [0.1, 0.15) is 15.9 Å². The third kappa shape index (κ3) is 3.06. The van der Waals surface area contributed by atoms with E-state index in [1.54, 1.807) is 12.1 Å². The maximum atomic E-state index is 11.8. The minimum Gasteiger partial charge on any atom is -0.422 e. The first-order chi connectivity index (χ1) is 8.16. The molecule has 0 radical (unpaired) electrons. The van der Waals surface area contributed by atoms with E-state index in [1.807, 2.05) is 43.3 Å². The van der Waals surface area contributed by atoms with Crippen LogP contribution in [0, 0.1) is 10.5 Å². The van der Waals surface area contributed by atoms with E-state index in [1.165, 1.54) is 0 Å². The predicted octanol–water partition coefficient (Wildman–Crippen LogP) is 3.82. The van der Waals surface area contributed by atoms with Crippen molar-refractivity contribution >= 4 is 28.6 Å². The summed E-state index contributed by atoms with van der Waals surface area (Å²) in [5, 5.41) is 0. The Hall–Kier alpha value is -1.36. The number of aryl methyl sites for hydroxylation is 1. The summed E-state index contributed by atoms with van der Waals surface area (Å²) in [5.74, 6) is 0.275. The van der Waals surface area contributed by atoms with E-state index < -0.39 is 0 Å². The molecule has 2 nitrogen and oxygen atoms in total. The molecule has 0 fully saturated rings. The molecule has 2 aromatic rings. The summed E-state index contributed by atoms with van der Waals surface area (Å²) in [4.78, 5) is 11.8. The van der Waals surface area contributed by atoms with Crippen molar-refractivity contribution in [3.05, 3.63) is 63.2 Å². The lowest BCUT2D eigenvalue weighted by atomic mass is 10.2. The van der Waals surface area contributed by atoms with Crippen LogP contribution in [0.5, 0.6) is 5.75 Å². The van der Waals surface area contributed by atoms with Gasteiger partial charge in [-0.3, -0.25) is 0 Å². The number of halogens is 1. The minimum absolute atomic E-state index is 0.327. The van der Waals surface area contributed by atoms with Crippen molar-refractivity contribution in [2.45, 2.75) is 6.92 Å². The fourth-order valence-electron chi connectivity index (χ4n) is 1.42. The van der Waals surface area contributed by atoms with Crippen LogP contribution in [0.25, 0.3) is 0 Å². The van der Waals surface area contributed by atoms with Gasteiger partial charge in [-0.25, -0.2) is 4.79 Å². The second kappa shape index (κ2) is 5.31. The van der Waals surface area contributed by atoms with Gasteiger partial charge in [0.1, 0.15) is 5.75 Å². The zero-order valence-electron chi connectivity index (χ0n) is 9.31. The van der Waals surface area contributed by atoms with E-state index >= 15 is 0 Å². The SMILES string of the molecule is Cc1ccc(OC(=O)c2ccccc2)c(I)c1. The number of hydrogen-bond donors (Lipinski definition) is 0. The van der Waals surface area contributed by atoms with E-state index in [-0.39, 0.29) is 5.97 Å². The van der Waals surface area contributed by atoms with E-state index in [4.69, 9.17) is 4.74 Å². The summed E-state index contributed by atoms with van der Waals surface area (Å²) in [6.07, 6.45) is 0. The first-order valence-electron chi connectivity index (χ1n) is 5.20. The molecule has 0 aliphatic heterocycles. The quantitative estimate of drug-likeness (QED) is 0.473. The van der Waals surface area contributed by atoms with E-state index in [2.05, 4.69) is 22.6 Å². The van der Waals surface area contributed by atoms with Crippen LogP contribution in [0.15, 0.2) is 48.5 Å². The highest BCUT2D eigenvalue weighted by atomic mass is 127. The highest BCUT2D eigenvalue weighted by Crippen LogP contribution is 2.22. The summed E-state index contributed by atoms with van der Waals surface area (Å²) in [7, 11) is 0. The normalized spacial score (nSPS) is 10.0. The minimum atomic E-state index is -0.327. The maximum Gasteiger partial charge on any atom is 0.343 e. The van der Waals surface area contributed by atoms with Gasteiger partial charge >= 0.3 is 5.97 Å². The molecule has 0 saturated carbocycles. The summed E-state index contributed by atoms with van der Waals surface area (Å²) in [6, 6.07) is 14.7. The van der Waals surface area contributed by atoms with Gasteiger partial charge in [0.2, 0.25) is 0 Å². The van der Waals surface area contributed by atoms with Gasteiger partial charge in [-0.2, -0.15) is 0 Å². The van der Waals surface area contributed by atoms with Crippen LogP contribution in [-0.4, -0.2) is 5.97 Å². The molecule has 0 amide bonds. The molecule has 0 aromatic heterocycles. The molecule has 0 unspecified atom stereocenters. The molecule has 2 aromatic carbocycles. The molecular weight excluding hydrogens is 327 g/mol. The van der Waals surface area contributed by atoms with Crippen LogP contribution in [0.3, 0.4) is 0 Å². The van der Waals surface area contributed by atoms with Crippen LogP contribution in [0.4, 0.5) is 0 Å². The fourth-order valence-corrected chi connectivity index (χ4v) is 2.20. The zero-order chi connectivity index (χ0) is 12.3. The highest BCUT2D eigenvalue weighted by Gasteiger charge is 2.09. The Balaban J connectivity index is 2.19. The zero-order valence-corrected chi connectivity index (χ0v) is 11.5. The standard InChI is InChI=1S/C14H11IO2/c1-10-7-8-13(12(15)9-10)17-14(16)11-5-3-2-4-6-11/h2-9H,1H3. The van der Waals surface area contributed by atoms with Crippen molar-refractivity contribution in [3.8, 4) is 5.75 Å². The second-order valence-electron chi connectivity index (χ2n) is 3.69. The van der Waals surface area contributed by atoms with Crippen LogP contribution < -0.4 is 4.74 Å². The Morgan fingerprint density at radius 3 is 2.47 bits per heavy atom. The van der Waals surface area contributed by atoms with Crippen molar-refractivity contribution in [1.82, 2.24) is 0 Å². The molecule has 0 aliphatic carbocycles. The van der Waals surface area contributed by atoms with Gasteiger partial charge < -0.3 is 4.74 Å². The summed E-state index contributed by atoms with van der Waals surface area (Å²) in [5.41, 5.74) is 1.71. The molecule has 0 aliphatic rings. The Morgan fingerprint density at radius 1 is 1.12 bits per heavy atom. The molecule has 0 heterocycles. The van der Waals surface area contributed by atoms with Gasteiger partial charge in [0.25, 0.3) is 0 Å². The van der Waals surface area contributed by atoms with Crippen molar-refractivity contribution in [2.75, 3.05) is 0 Å². The average Bonchev–Trinajstić information content (AvgIpc) is 2.34. The van der Waals surface area contributed by atoms with Gasteiger partial charge in [0.05, 0.1) is 9.13 Å². The van der Waals surface area contributed by atoms with Gasteiger partial charge in [0.15, 0.2) is 0 Å². The Kier molecular flexibility index (Phi) is 3.78. The van der Waals surface area contributed by atoms with Crippen molar-refractivity contribution < 1.29 is 9.53 Å². The summed E-state index contributed by atoms with van der Waals surface area (Å²) < 4.78 is 6.28. The number of ether oxygens (including phenoxy) is 1. The molecular formula is C14H11IO2. The molecule has 0 atom stereocenters. The number of carbonyl (C=O) groups excluding carboxylic acids is 1. The molecule has 86 valence electrons. The summed E-state index contributed by atoms with van der Waals surface area (Å²) >= 11 is 2.16. The molecule has 17 heavy (non-hydrogen) atoms. The Morgan fingerprint density at radius 2 is 1.82 bits per heavy atom. The summed E-state index contributed by atoms with van der Waals surface area (Å²) in [6.45, 7) is 2.00. The van der Waals surface area contributed by atoms with Crippen molar-refractivity contribution in [1.29, 1.82) is 0 Å². The van der Waals surface area contributed by atoms with Crippen molar-refractivity contribution in [3.63, 3.8) is 0 Å². The number of benzene rings is 2. The third-order valence-electron chi connectivity index (χ3n) is 2.30. The average molecular weight is 338 g/mol. The molecule has 3 heteroatoms.